The number of hydrogen-bond acceptors (Lipinski definition) is 7. The van der Waals surface area contributed by atoms with Crippen molar-refractivity contribution >= 4 is 44.2 Å². The van der Waals surface area contributed by atoms with Crippen molar-refractivity contribution in [3.63, 3.8) is 0 Å². The van der Waals surface area contributed by atoms with Crippen molar-refractivity contribution in [2.45, 2.75) is 65.6 Å². The molecule has 0 radical (unpaired) electrons. The number of hydrogen-bond donors (Lipinski definition) is 3. The van der Waals surface area contributed by atoms with Gasteiger partial charge in [0.2, 0.25) is 27.7 Å². The highest BCUT2D eigenvalue weighted by Crippen LogP contribution is 2.27. The number of aromatic nitrogens is 1. The first-order valence-corrected chi connectivity index (χ1v) is 15.8. The molecule has 0 spiro atoms. The van der Waals surface area contributed by atoms with Crippen LogP contribution in [0.15, 0.2) is 36.7 Å². The van der Waals surface area contributed by atoms with Crippen LogP contribution in [-0.4, -0.2) is 91.4 Å². The smallest absolute Gasteiger partial charge is 0.245 e. The number of nitrogens with zero attached hydrogens (tertiary/aromatic N) is 3. The number of benzene rings is 1. The predicted octanol–water partition coefficient (Wildman–Crippen LogP) is 2.20. The quantitative estimate of drug-likeness (QED) is 0.366. The summed E-state index contributed by atoms with van der Waals surface area (Å²) in [5.41, 5.74) is 0.133. The highest BCUT2D eigenvalue weighted by molar-refractivity contribution is 7.88. The molecule has 41 heavy (non-hydrogen) atoms. The van der Waals surface area contributed by atoms with E-state index in [0.717, 1.165) is 17.0 Å². The standard InChI is InChI=1S/C29H44N6O5S/c1-19(15-25(36)32-24-10-8-9-21-16-31-13-11-23(21)24)17-35(41(7,39)40)22-12-14-34(18-22)28(38)26(29(3,4)5)33-27(37)20(2)30-6/h8-11,13,16,19-20,22,26,30H,12,14-15,17-18H2,1-7H3,(H,32,36)(H,33,37). The van der Waals surface area contributed by atoms with Gasteiger partial charge in [0.05, 0.1) is 12.3 Å². The number of sulfonamides is 1. The van der Waals surface area contributed by atoms with Crippen molar-refractivity contribution in [3.8, 4) is 0 Å². The summed E-state index contributed by atoms with van der Waals surface area (Å²) in [6, 6.07) is 5.78. The van der Waals surface area contributed by atoms with Crippen molar-refractivity contribution in [1.82, 2.24) is 24.8 Å². The maximum Gasteiger partial charge on any atom is 0.245 e. The molecule has 0 saturated carbocycles. The van der Waals surface area contributed by atoms with Gasteiger partial charge >= 0.3 is 0 Å². The van der Waals surface area contributed by atoms with Gasteiger partial charge in [-0.2, -0.15) is 4.31 Å². The minimum absolute atomic E-state index is 0.130. The predicted molar refractivity (Wildman–Crippen MR) is 161 cm³/mol. The number of pyridine rings is 1. The van der Waals surface area contributed by atoms with Gasteiger partial charge in [-0.15, -0.1) is 0 Å². The molecule has 1 saturated heterocycles. The Morgan fingerprint density at radius 2 is 1.88 bits per heavy atom. The number of carbonyl (C=O) groups excluding carboxylic acids is 3. The van der Waals surface area contributed by atoms with Crippen LogP contribution >= 0.6 is 0 Å². The van der Waals surface area contributed by atoms with Gasteiger partial charge in [0, 0.05) is 61.0 Å². The topological polar surface area (TPSA) is 141 Å². The highest BCUT2D eigenvalue weighted by Gasteiger charge is 2.41. The molecule has 3 rings (SSSR count). The summed E-state index contributed by atoms with van der Waals surface area (Å²) in [6.07, 6.45) is 5.16. The van der Waals surface area contributed by atoms with Gasteiger partial charge in [-0.05, 0) is 43.9 Å². The van der Waals surface area contributed by atoms with E-state index in [2.05, 4.69) is 20.9 Å². The average Bonchev–Trinajstić information content (AvgIpc) is 3.38. The van der Waals surface area contributed by atoms with Gasteiger partial charge in [-0.1, -0.05) is 39.8 Å². The molecule has 11 nitrogen and oxygen atoms in total. The normalized spacial score (nSPS) is 18.2. The Morgan fingerprint density at radius 1 is 1.17 bits per heavy atom. The number of likely N-dealkylation sites (N-methyl/N-ethyl adjacent to an activating group) is 1. The number of anilines is 1. The Kier molecular flexibility index (Phi) is 10.5. The average molecular weight is 589 g/mol. The Labute approximate surface area is 243 Å². The van der Waals surface area contributed by atoms with E-state index in [1.165, 1.54) is 4.31 Å². The van der Waals surface area contributed by atoms with Gasteiger partial charge < -0.3 is 20.9 Å². The van der Waals surface area contributed by atoms with Gasteiger partial charge in [0.15, 0.2) is 0 Å². The molecule has 1 aromatic heterocycles. The van der Waals surface area contributed by atoms with Crippen LogP contribution in [0.1, 0.15) is 47.5 Å². The number of amides is 3. The molecule has 4 atom stereocenters. The fraction of sp³-hybridized carbons (Fsp3) is 0.586. The van der Waals surface area contributed by atoms with Crippen LogP contribution in [0, 0.1) is 11.3 Å². The minimum Gasteiger partial charge on any atom is -0.342 e. The highest BCUT2D eigenvalue weighted by atomic mass is 32.2. The second-order valence-corrected chi connectivity index (χ2v) is 14.1. The lowest BCUT2D eigenvalue weighted by molar-refractivity contribution is -0.139. The first-order valence-electron chi connectivity index (χ1n) is 14.0. The maximum atomic E-state index is 13.6. The molecule has 1 aliphatic rings. The molecular weight excluding hydrogens is 544 g/mol. The molecular formula is C29H44N6O5S. The molecule has 1 fully saturated rings. The number of fused-ring (bicyclic) bond motifs is 1. The Bertz CT molecular complexity index is 1350. The largest absolute Gasteiger partial charge is 0.342 e. The molecule has 3 N–H and O–H groups in total. The second kappa shape index (κ2) is 13.3. The number of likely N-dealkylation sites (tertiary alicyclic amines) is 1. The lowest BCUT2D eigenvalue weighted by atomic mass is 9.85. The molecule has 2 heterocycles. The van der Waals surface area contributed by atoms with Crippen LogP contribution in [0.5, 0.6) is 0 Å². The van der Waals surface area contributed by atoms with E-state index < -0.39 is 33.6 Å². The Balaban J connectivity index is 1.66. The second-order valence-electron chi connectivity index (χ2n) is 12.1. The van der Waals surface area contributed by atoms with Crippen molar-refractivity contribution in [3.05, 3.63) is 36.7 Å². The number of carbonyl (C=O) groups is 3. The third-order valence-electron chi connectivity index (χ3n) is 7.51. The maximum absolute atomic E-state index is 13.6. The molecule has 1 aromatic carbocycles. The van der Waals surface area contributed by atoms with Crippen LogP contribution in [-0.2, 0) is 24.4 Å². The Morgan fingerprint density at radius 3 is 2.51 bits per heavy atom. The molecule has 1 aliphatic heterocycles. The molecule has 0 bridgehead atoms. The van der Waals surface area contributed by atoms with Gasteiger partial charge in [0.25, 0.3) is 0 Å². The summed E-state index contributed by atoms with van der Waals surface area (Å²) in [5, 5.41) is 10.5. The van der Waals surface area contributed by atoms with E-state index in [4.69, 9.17) is 0 Å². The molecule has 226 valence electrons. The van der Waals surface area contributed by atoms with Crippen LogP contribution in [0.4, 0.5) is 5.69 Å². The first kappa shape index (κ1) is 32.4. The summed E-state index contributed by atoms with van der Waals surface area (Å²) in [4.78, 5) is 44.8. The zero-order valence-electron chi connectivity index (χ0n) is 25.1. The summed E-state index contributed by atoms with van der Waals surface area (Å²) < 4.78 is 27.1. The fourth-order valence-electron chi connectivity index (χ4n) is 5.08. The summed E-state index contributed by atoms with van der Waals surface area (Å²) in [5.74, 6) is -0.988. The van der Waals surface area contributed by atoms with Gasteiger partial charge in [-0.25, -0.2) is 8.42 Å². The van der Waals surface area contributed by atoms with E-state index in [0.29, 0.717) is 18.7 Å². The van der Waals surface area contributed by atoms with Crippen molar-refractivity contribution in [1.29, 1.82) is 0 Å². The minimum atomic E-state index is -3.62. The molecule has 12 heteroatoms. The van der Waals surface area contributed by atoms with Crippen molar-refractivity contribution in [2.75, 3.05) is 38.3 Å². The van der Waals surface area contributed by atoms with Crippen LogP contribution < -0.4 is 16.0 Å². The number of rotatable bonds is 11. The van der Waals surface area contributed by atoms with E-state index in [1.54, 1.807) is 31.3 Å². The van der Waals surface area contributed by atoms with E-state index >= 15 is 0 Å². The molecule has 0 aliphatic carbocycles. The van der Waals surface area contributed by atoms with Gasteiger partial charge in [0.1, 0.15) is 6.04 Å². The third kappa shape index (κ3) is 8.46. The van der Waals surface area contributed by atoms with E-state index in [9.17, 15) is 22.8 Å². The summed E-state index contributed by atoms with van der Waals surface area (Å²) in [7, 11) is -1.94. The zero-order chi connectivity index (χ0) is 30.5. The van der Waals surface area contributed by atoms with Gasteiger partial charge in [-0.3, -0.25) is 19.4 Å². The monoisotopic (exact) mass is 588 g/mol. The SMILES string of the molecule is CNC(C)C(=O)NC(C(=O)N1CCC(N(CC(C)CC(=O)Nc2cccc3cnccc23)S(C)(=O)=O)C1)C(C)(C)C. The van der Waals surface area contributed by atoms with E-state index in [1.807, 2.05) is 52.0 Å². The molecule has 2 aromatic rings. The summed E-state index contributed by atoms with van der Waals surface area (Å²) in [6.45, 7) is 9.97. The van der Waals surface area contributed by atoms with Crippen LogP contribution in [0.3, 0.4) is 0 Å². The van der Waals surface area contributed by atoms with Crippen molar-refractivity contribution < 1.29 is 22.8 Å². The van der Waals surface area contributed by atoms with Crippen LogP contribution in [0.2, 0.25) is 0 Å². The van der Waals surface area contributed by atoms with Crippen LogP contribution in [0.25, 0.3) is 10.8 Å². The van der Waals surface area contributed by atoms with E-state index in [-0.39, 0.29) is 43.1 Å². The lowest BCUT2D eigenvalue weighted by Gasteiger charge is -2.34. The zero-order valence-corrected chi connectivity index (χ0v) is 25.9. The molecule has 3 amide bonds. The number of nitrogens with one attached hydrogen (secondary N) is 3. The van der Waals surface area contributed by atoms with Crippen molar-refractivity contribution in [2.24, 2.45) is 11.3 Å². The summed E-state index contributed by atoms with van der Waals surface area (Å²) >= 11 is 0. The lowest BCUT2D eigenvalue weighted by Crippen LogP contribution is -2.57. The Hall–Kier alpha value is -3.09. The molecule has 4 unspecified atom stereocenters. The fourth-order valence-corrected chi connectivity index (χ4v) is 6.32. The first-order chi connectivity index (χ1) is 19.1. The third-order valence-corrected chi connectivity index (χ3v) is 8.81.